The molecule has 1 fully saturated rings. The second kappa shape index (κ2) is 7.59. The number of carbonyl (C=O) groups is 1. The molecule has 0 spiro atoms. The Morgan fingerprint density at radius 2 is 1.90 bits per heavy atom. The van der Waals surface area contributed by atoms with Gasteiger partial charge in [0, 0.05) is 36.7 Å². The van der Waals surface area contributed by atoms with Crippen LogP contribution in [0.25, 0.3) is 0 Å². The first kappa shape index (κ1) is 20.7. The molecule has 4 rings (SSSR count). The number of carbonyl (C=O) groups excluding carboxylic acids is 1. The first-order valence-electron chi connectivity index (χ1n) is 9.98. The van der Waals surface area contributed by atoms with Crippen molar-refractivity contribution < 1.29 is 22.7 Å². The van der Waals surface area contributed by atoms with Gasteiger partial charge in [0.1, 0.15) is 17.1 Å². The molecule has 1 amide bonds. The zero-order chi connectivity index (χ0) is 21.5. The molecular weight excluding hydrogens is 404 g/mol. The summed E-state index contributed by atoms with van der Waals surface area (Å²) in [6.45, 7) is 4.53. The number of nitrogens with zero attached hydrogens (tertiary/aromatic N) is 1. The summed E-state index contributed by atoms with van der Waals surface area (Å²) >= 11 is 0. The molecule has 1 saturated heterocycles. The average molecular weight is 431 g/mol. The number of anilines is 1. The Labute approximate surface area is 177 Å². The number of methoxy groups -OCH3 is 1. The van der Waals surface area contributed by atoms with E-state index in [2.05, 4.69) is 4.72 Å². The molecule has 0 bridgehead atoms. The fraction of sp³-hybridized carbons (Fsp3) is 0.409. The summed E-state index contributed by atoms with van der Waals surface area (Å²) in [5.41, 5.74) is 0.964. The number of hydrogen-bond acceptors (Lipinski definition) is 5. The molecule has 0 radical (unpaired) electrons. The van der Waals surface area contributed by atoms with Crippen LogP contribution in [0.3, 0.4) is 0 Å². The van der Waals surface area contributed by atoms with Gasteiger partial charge in [-0.3, -0.25) is 4.79 Å². The third-order valence-corrected chi connectivity index (χ3v) is 7.00. The van der Waals surface area contributed by atoms with Gasteiger partial charge in [0.25, 0.3) is 0 Å². The Kier molecular flexibility index (Phi) is 5.23. The molecule has 2 aliphatic heterocycles. The lowest BCUT2D eigenvalue weighted by atomic mass is 9.90. The maximum atomic E-state index is 13.1. The predicted molar refractivity (Wildman–Crippen MR) is 113 cm³/mol. The molecule has 30 heavy (non-hydrogen) atoms. The van der Waals surface area contributed by atoms with Crippen molar-refractivity contribution in [3.8, 4) is 11.5 Å². The van der Waals surface area contributed by atoms with Crippen molar-refractivity contribution in [2.24, 2.45) is 0 Å². The standard InChI is InChI=1S/C22H26N2O5S/c1-22(2)14-19(18-11-8-16(28-3)13-20(18)29-22)23-30(26,27)17-9-6-15(7-10-17)24-12-4-5-21(24)25/h6-11,13,19,23H,4-5,12,14H2,1-3H3/t19-/m1/s1. The molecule has 8 heteroatoms. The fourth-order valence-corrected chi connectivity index (χ4v) is 5.26. The van der Waals surface area contributed by atoms with Crippen molar-refractivity contribution in [3.05, 3.63) is 48.0 Å². The van der Waals surface area contributed by atoms with E-state index >= 15 is 0 Å². The number of sulfonamides is 1. The van der Waals surface area contributed by atoms with E-state index in [-0.39, 0.29) is 10.8 Å². The molecule has 1 atom stereocenters. The van der Waals surface area contributed by atoms with E-state index in [0.717, 1.165) is 17.7 Å². The van der Waals surface area contributed by atoms with E-state index < -0.39 is 21.7 Å². The fourth-order valence-electron chi connectivity index (χ4n) is 4.05. The van der Waals surface area contributed by atoms with E-state index in [0.29, 0.717) is 30.9 Å². The Morgan fingerprint density at radius 1 is 1.17 bits per heavy atom. The molecule has 0 unspecified atom stereocenters. The highest BCUT2D eigenvalue weighted by atomic mass is 32.2. The van der Waals surface area contributed by atoms with Crippen molar-refractivity contribution in [1.29, 1.82) is 0 Å². The van der Waals surface area contributed by atoms with Crippen LogP contribution in [0.4, 0.5) is 5.69 Å². The van der Waals surface area contributed by atoms with Gasteiger partial charge in [-0.1, -0.05) is 6.07 Å². The van der Waals surface area contributed by atoms with Crippen LogP contribution in [0.2, 0.25) is 0 Å². The Balaban J connectivity index is 1.59. The summed E-state index contributed by atoms with van der Waals surface area (Å²) in [6, 6.07) is 11.4. The second-order valence-electron chi connectivity index (χ2n) is 8.29. The number of rotatable bonds is 5. The number of ether oxygens (including phenoxy) is 2. The molecule has 7 nitrogen and oxygen atoms in total. The third kappa shape index (κ3) is 4.02. The molecule has 1 N–H and O–H groups in total. The minimum Gasteiger partial charge on any atom is -0.497 e. The van der Waals surface area contributed by atoms with Crippen molar-refractivity contribution in [1.82, 2.24) is 4.72 Å². The normalized spacial score (nSPS) is 20.6. The summed E-state index contributed by atoms with van der Waals surface area (Å²) in [7, 11) is -2.18. The van der Waals surface area contributed by atoms with Crippen LogP contribution >= 0.6 is 0 Å². The first-order valence-corrected chi connectivity index (χ1v) is 11.5. The molecule has 0 aromatic heterocycles. The quantitative estimate of drug-likeness (QED) is 0.786. The SMILES string of the molecule is COc1ccc2c(c1)OC(C)(C)C[C@H]2NS(=O)(=O)c1ccc(N2CCCC2=O)cc1. The highest BCUT2D eigenvalue weighted by molar-refractivity contribution is 7.89. The Bertz CT molecular complexity index is 1060. The zero-order valence-electron chi connectivity index (χ0n) is 17.3. The zero-order valence-corrected chi connectivity index (χ0v) is 18.2. The summed E-state index contributed by atoms with van der Waals surface area (Å²) in [5, 5.41) is 0. The van der Waals surface area contributed by atoms with Gasteiger partial charge in [-0.15, -0.1) is 0 Å². The topological polar surface area (TPSA) is 84.9 Å². The lowest BCUT2D eigenvalue weighted by Gasteiger charge is -2.37. The van der Waals surface area contributed by atoms with Gasteiger partial charge in [-0.2, -0.15) is 0 Å². The number of fused-ring (bicyclic) bond motifs is 1. The van der Waals surface area contributed by atoms with Crippen molar-refractivity contribution in [2.75, 3.05) is 18.6 Å². The summed E-state index contributed by atoms with van der Waals surface area (Å²) in [6.07, 6.45) is 1.85. The highest BCUT2D eigenvalue weighted by Crippen LogP contribution is 2.41. The van der Waals surface area contributed by atoms with Crippen LogP contribution in [0.1, 0.15) is 44.7 Å². The maximum Gasteiger partial charge on any atom is 0.241 e. The Hall–Kier alpha value is -2.58. The van der Waals surface area contributed by atoms with E-state index in [4.69, 9.17) is 9.47 Å². The molecule has 2 aromatic carbocycles. The number of amides is 1. The third-order valence-electron chi connectivity index (χ3n) is 5.51. The van der Waals surface area contributed by atoms with E-state index in [1.165, 1.54) is 0 Å². The van der Waals surface area contributed by atoms with Gasteiger partial charge >= 0.3 is 0 Å². The monoisotopic (exact) mass is 430 g/mol. The van der Waals surface area contributed by atoms with Gasteiger partial charge in [0.15, 0.2) is 0 Å². The lowest BCUT2D eigenvalue weighted by molar-refractivity contribution is -0.117. The minimum absolute atomic E-state index is 0.0696. The maximum absolute atomic E-state index is 13.1. The van der Waals surface area contributed by atoms with Crippen LogP contribution in [0.5, 0.6) is 11.5 Å². The smallest absolute Gasteiger partial charge is 0.241 e. The van der Waals surface area contributed by atoms with E-state index in [1.54, 1.807) is 48.4 Å². The summed E-state index contributed by atoms with van der Waals surface area (Å²) in [5.74, 6) is 1.33. The molecule has 2 aliphatic rings. The number of hydrogen-bond donors (Lipinski definition) is 1. The number of benzene rings is 2. The predicted octanol–water partition coefficient (Wildman–Crippen LogP) is 3.40. The summed E-state index contributed by atoms with van der Waals surface area (Å²) in [4.78, 5) is 13.8. The molecular formula is C22H26N2O5S. The van der Waals surface area contributed by atoms with Crippen molar-refractivity contribution >= 4 is 21.6 Å². The van der Waals surface area contributed by atoms with Gasteiger partial charge < -0.3 is 14.4 Å². The van der Waals surface area contributed by atoms with Crippen LogP contribution < -0.4 is 19.1 Å². The van der Waals surface area contributed by atoms with Crippen LogP contribution in [-0.2, 0) is 14.8 Å². The van der Waals surface area contributed by atoms with Gasteiger partial charge in [-0.05, 0) is 50.6 Å². The van der Waals surface area contributed by atoms with Crippen molar-refractivity contribution in [3.63, 3.8) is 0 Å². The minimum atomic E-state index is -3.76. The van der Waals surface area contributed by atoms with Crippen LogP contribution in [0.15, 0.2) is 47.4 Å². The van der Waals surface area contributed by atoms with Crippen LogP contribution in [-0.4, -0.2) is 33.6 Å². The molecule has 0 aliphatic carbocycles. The Morgan fingerprint density at radius 3 is 2.53 bits per heavy atom. The largest absolute Gasteiger partial charge is 0.497 e. The molecule has 160 valence electrons. The average Bonchev–Trinajstić information content (AvgIpc) is 3.12. The van der Waals surface area contributed by atoms with Gasteiger partial charge in [-0.25, -0.2) is 13.1 Å². The van der Waals surface area contributed by atoms with Gasteiger partial charge in [0.05, 0.1) is 18.0 Å². The first-order chi connectivity index (χ1) is 14.2. The molecule has 2 aromatic rings. The van der Waals surface area contributed by atoms with Crippen molar-refractivity contribution in [2.45, 2.75) is 49.6 Å². The molecule has 0 saturated carbocycles. The second-order valence-corrected chi connectivity index (χ2v) is 10.0. The highest BCUT2D eigenvalue weighted by Gasteiger charge is 2.36. The lowest BCUT2D eigenvalue weighted by Crippen LogP contribution is -2.41. The van der Waals surface area contributed by atoms with E-state index in [1.807, 2.05) is 19.9 Å². The molecule has 2 heterocycles. The van der Waals surface area contributed by atoms with Gasteiger partial charge in [0.2, 0.25) is 15.9 Å². The number of nitrogens with one attached hydrogen (secondary N) is 1. The summed E-state index contributed by atoms with van der Waals surface area (Å²) < 4.78 is 40.3. The van der Waals surface area contributed by atoms with E-state index in [9.17, 15) is 13.2 Å². The van der Waals surface area contributed by atoms with Crippen LogP contribution in [0, 0.1) is 0 Å².